The van der Waals surface area contributed by atoms with Crippen molar-refractivity contribution in [1.82, 2.24) is 9.47 Å². The molecule has 1 aromatic heterocycles. The minimum Gasteiger partial charge on any atom is -0.493 e. The quantitative estimate of drug-likeness (QED) is 0.268. The van der Waals surface area contributed by atoms with Crippen molar-refractivity contribution in [3.8, 4) is 28.7 Å². The summed E-state index contributed by atoms with van der Waals surface area (Å²) in [7, 11) is 4.50. The zero-order chi connectivity index (χ0) is 33.7. The van der Waals surface area contributed by atoms with Crippen LogP contribution in [-0.2, 0) is 14.3 Å². The third-order valence-corrected chi connectivity index (χ3v) is 8.88. The van der Waals surface area contributed by atoms with Gasteiger partial charge in [0.1, 0.15) is 0 Å². The molecule has 3 heterocycles. The van der Waals surface area contributed by atoms with E-state index in [1.165, 1.54) is 37.2 Å². The minimum absolute atomic E-state index is 0.0609. The Labute approximate surface area is 276 Å². The number of methoxy groups -OCH3 is 3. The van der Waals surface area contributed by atoms with Gasteiger partial charge in [-0.05, 0) is 75.1 Å². The fourth-order valence-electron chi connectivity index (χ4n) is 5.72. The molecule has 2 aromatic carbocycles. The Bertz CT molecular complexity index is 1850. The molecule has 1 atom stereocenters. The molecule has 2 aliphatic heterocycles. The zero-order valence-corrected chi connectivity index (χ0v) is 28.2. The van der Waals surface area contributed by atoms with Crippen LogP contribution in [0.1, 0.15) is 50.8 Å². The molecule has 5 rings (SSSR count). The fraction of sp³-hybridized carbons (Fsp3) is 0.412. The van der Waals surface area contributed by atoms with Gasteiger partial charge < -0.3 is 33.3 Å². The first-order valence-electron chi connectivity index (χ1n) is 15.4. The van der Waals surface area contributed by atoms with Gasteiger partial charge in [0.2, 0.25) is 5.75 Å². The first kappa shape index (κ1) is 33.6. The molecular weight excluding hydrogens is 626 g/mol. The summed E-state index contributed by atoms with van der Waals surface area (Å²) in [6, 6.07) is 7.83. The summed E-state index contributed by atoms with van der Waals surface area (Å²) >= 11 is 1.20. The number of aromatic nitrogens is 1. The smallest absolute Gasteiger partial charge is 0.338 e. The SMILES string of the molecule is CCOC(=O)C1=C(C)N=c2s/c(=C/c3ccc(OCC(=O)N4CCCC4)c(OCC)c3)c(=O)n2[C@H]1c1cc(OC)c(OC)c(OC)c1. The maximum atomic E-state index is 14.2. The lowest BCUT2D eigenvalue weighted by Gasteiger charge is -2.26. The predicted molar refractivity (Wildman–Crippen MR) is 175 cm³/mol. The maximum Gasteiger partial charge on any atom is 0.338 e. The number of esters is 1. The average molecular weight is 666 g/mol. The fourth-order valence-corrected chi connectivity index (χ4v) is 6.76. The number of benzene rings is 2. The van der Waals surface area contributed by atoms with E-state index in [1.807, 2.05) is 6.92 Å². The van der Waals surface area contributed by atoms with Crippen LogP contribution in [0.25, 0.3) is 6.08 Å². The van der Waals surface area contributed by atoms with Crippen molar-refractivity contribution < 1.29 is 38.0 Å². The van der Waals surface area contributed by atoms with Crippen LogP contribution < -0.4 is 38.6 Å². The van der Waals surface area contributed by atoms with E-state index in [0.717, 1.165) is 25.9 Å². The predicted octanol–water partition coefficient (Wildman–Crippen LogP) is 3.22. The van der Waals surface area contributed by atoms with Crippen LogP contribution in [0.4, 0.5) is 0 Å². The van der Waals surface area contributed by atoms with E-state index in [1.54, 1.807) is 55.2 Å². The first-order chi connectivity index (χ1) is 22.7. The number of thiazole rings is 1. The lowest BCUT2D eigenvalue weighted by atomic mass is 9.95. The van der Waals surface area contributed by atoms with E-state index in [-0.39, 0.29) is 30.3 Å². The Morgan fingerprint density at radius 2 is 1.64 bits per heavy atom. The van der Waals surface area contributed by atoms with Crippen molar-refractivity contribution >= 4 is 29.3 Å². The van der Waals surface area contributed by atoms with Gasteiger partial charge in [-0.2, -0.15) is 0 Å². The van der Waals surface area contributed by atoms with Gasteiger partial charge in [0.05, 0.1) is 56.4 Å². The van der Waals surface area contributed by atoms with Crippen LogP contribution in [0, 0.1) is 0 Å². The van der Waals surface area contributed by atoms with Crippen LogP contribution in [0.15, 0.2) is 51.4 Å². The van der Waals surface area contributed by atoms with Crippen molar-refractivity contribution in [2.45, 2.75) is 39.7 Å². The Hall–Kier alpha value is -4.78. The third-order valence-electron chi connectivity index (χ3n) is 7.90. The van der Waals surface area contributed by atoms with Crippen molar-refractivity contribution in [3.63, 3.8) is 0 Å². The molecule has 3 aromatic rings. The van der Waals surface area contributed by atoms with E-state index in [4.69, 9.17) is 28.4 Å². The molecule has 0 saturated carbocycles. The second-order valence-corrected chi connectivity index (χ2v) is 11.8. The number of rotatable bonds is 12. The standard InChI is InChI=1S/C34H39N3O9S/c1-7-44-24-15-21(11-12-23(24)46-19-28(38)36-13-9-10-14-36)16-27-32(39)37-30(22-17-25(41-4)31(43-6)26(18-22)42-5)29(33(40)45-8-2)20(3)35-34(37)47-27/h11-12,15-18,30H,7-10,13-14,19H2,1-6H3/b27-16+/t30-/m0/s1. The third kappa shape index (κ3) is 6.85. The number of allylic oxidation sites excluding steroid dienone is 1. The number of carbonyl (C=O) groups is 2. The molecule has 1 amide bonds. The van der Waals surface area contributed by atoms with E-state index >= 15 is 0 Å². The molecule has 2 aliphatic rings. The largest absolute Gasteiger partial charge is 0.493 e. The summed E-state index contributed by atoms with van der Waals surface area (Å²) < 4.78 is 35.7. The second-order valence-electron chi connectivity index (χ2n) is 10.8. The van der Waals surface area contributed by atoms with Crippen molar-refractivity contribution in [3.05, 3.63) is 72.4 Å². The number of ether oxygens (including phenoxy) is 6. The van der Waals surface area contributed by atoms with E-state index in [0.29, 0.717) is 61.5 Å². The molecule has 0 spiro atoms. The molecule has 0 bridgehead atoms. The van der Waals surface area contributed by atoms with Crippen LogP contribution in [0.2, 0.25) is 0 Å². The summed E-state index contributed by atoms with van der Waals surface area (Å²) in [6.07, 6.45) is 3.74. The van der Waals surface area contributed by atoms with Crippen molar-refractivity contribution in [1.29, 1.82) is 0 Å². The first-order valence-corrected chi connectivity index (χ1v) is 16.2. The number of fused-ring (bicyclic) bond motifs is 1. The zero-order valence-electron chi connectivity index (χ0n) is 27.4. The molecule has 1 saturated heterocycles. The second kappa shape index (κ2) is 14.8. The molecule has 0 aliphatic carbocycles. The Kier molecular flexibility index (Phi) is 10.5. The number of carbonyl (C=O) groups excluding carboxylic acids is 2. The number of likely N-dealkylation sites (tertiary alicyclic amines) is 1. The van der Waals surface area contributed by atoms with Crippen molar-refractivity contribution in [2.75, 3.05) is 54.2 Å². The topological polar surface area (TPSA) is 127 Å². The number of hydrogen-bond donors (Lipinski definition) is 0. The lowest BCUT2D eigenvalue weighted by Crippen LogP contribution is -2.40. The minimum atomic E-state index is -0.885. The Balaban J connectivity index is 1.59. The number of nitrogens with zero attached hydrogens (tertiary/aromatic N) is 3. The van der Waals surface area contributed by atoms with Gasteiger partial charge in [0.25, 0.3) is 11.5 Å². The van der Waals surface area contributed by atoms with Crippen LogP contribution in [0.3, 0.4) is 0 Å². The highest BCUT2D eigenvalue weighted by Crippen LogP contribution is 2.42. The Morgan fingerprint density at radius 1 is 0.936 bits per heavy atom. The van der Waals surface area contributed by atoms with Gasteiger partial charge in [0.15, 0.2) is 34.4 Å². The summed E-state index contributed by atoms with van der Waals surface area (Å²) in [5.41, 5.74) is 1.54. The van der Waals surface area contributed by atoms with E-state index in [2.05, 4.69) is 4.99 Å². The monoisotopic (exact) mass is 665 g/mol. The molecule has 47 heavy (non-hydrogen) atoms. The maximum absolute atomic E-state index is 14.2. The number of amides is 1. The molecule has 0 radical (unpaired) electrons. The van der Waals surface area contributed by atoms with Gasteiger partial charge in [-0.3, -0.25) is 14.2 Å². The molecule has 250 valence electrons. The molecule has 12 nitrogen and oxygen atoms in total. The number of hydrogen-bond acceptors (Lipinski definition) is 11. The molecule has 0 N–H and O–H groups in total. The Morgan fingerprint density at radius 3 is 2.26 bits per heavy atom. The van der Waals surface area contributed by atoms with E-state index < -0.39 is 12.0 Å². The van der Waals surface area contributed by atoms with Gasteiger partial charge in [-0.25, -0.2) is 9.79 Å². The van der Waals surface area contributed by atoms with Crippen LogP contribution >= 0.6 is 11.3 Å². The summed E-state index contributed by atoms with van der Waals surface area (Å²) in [6.45, 7) is 7.24. The molecule has 13 heteroatoms. The van der Waals surface area contributed by atoms with Crippen LogP contribution in [0.5, 0.6) is 28.7 Å². The summed E-state index contributed by atoms with van der Waals surface area (Å²) in [5.74, 6) is 1.37. The van der Waals surface area contributed by atoms with E-state index in [9.17, 15) is 14.4 Å². The normalized spacial score (nSPS) is 16.0. The van der Waals surface area contributed by atoms with Crippen LogP contribution in [-0.4, -0.2) is 75.6 Å². The van der Waals surface area contributed by atoms with Gasteiger partial charge in [-0.15, -0.1) is 0 Å². The highest BCUT2D eigenvalue weighted by Gasteiger charge is 2.35. The molecule has 0 unspecified atom stereocenters. The van der Waals surface area contributed by atoms with Gasteiger partial charge >= 0.3 is 5.97 Å². The summed E-state index contributed by atoms with van der Waals surface area (Å²) in [5, 5.41) is 0. The molecular formula is C34H39N3O9S. The summed E-state index contributed by atoms with van der Waals surface area (Å²) in [4.78, 5) is 46.9. The highest BCUT2D eigenvalue weighted by molar-refractivity contribution is 7.07. The average Bonchev–Trinajstić information content (AvgIpc) is 3.71. The van der Waals surface area contributed by atoms with Crippen molar-refractivity contribution in [2.24, 2.45) is 4.99 Å². The van der Waals surface area contributed by atoms with Gasteiger partial charge in [0, 0.05) is 13.1 Å². The molecule has 1 fully saturated rings. The lowest BCUT2D eigenvalue weighted by molar-refractivity contribution is -0.139. The highest BCUT2D eigenvalue weighted by atomic mass is 32.1. The van der Waals surface area contributed by atoms with Gasteiger partial charge in [-0.1, -0.05) is 17.4 Å².